The van der Waals surface area contributed by atoms with Crippen molar-refractivity contribution in [2.45, 2.75) is 26.8 Å². The van der Waals surface area contributed by atoms with E-state index in [0.717, 1.165) is 23.4 Å². The molecule has 0 fully saturated rings. The number of rotatable bonds is 5. The van der Waals surface area contributed by atoms with Crippen LogP contribution >= 0.6 is 22.7 Å². The Balaban J connectivity index is 1.68. The molecule has 0 aliphatic heterocycles. The average molecular weight is 411 g/mol. The van der Waals surface area contributed by atoms with E-state index in [4.69, 9.17) is 0 Å². The van der Waals surface area contributed by atoms with Gasteiger partial charge >= 0.3 is 0 Å². The van der Waals surface area contributed by atoms with E-state index in [9.17, 15) is 9.59 Å². The van der Waals surface area contributed by atoms with Crippen LogP contribution in [0.2, 0.25) is 0 Å². The molecule has 0 atom stereocenters. The third kappa shape index (κ3) is 3.36. The van der Waals surface area contributed by atoms with Gasteiger partial charge in [0.2, 0.25) is 5.91 Å². The lowest BCUT2D eigenvalue weighted by molar-refractivity contribution is -0.115. The third-order valence-corrected chi connectivity index (χ3v) is 6.19. The topological polar surface area (TPSA) is 68.1 Å². The van der Waals surface area contributed by atoms with Crippen LogP contribution in [0.1, 0.15) is 25.1 Å². The number of aromatic nitrogens is 3. The number of thiophene rings is 1. The minimum atomic E-state index is -0.0966. The molecule has 1 aromatic carbocycles. The van der Waals surface area contributed by atoms with Crippen molar-refractivity contribution in [1.29, 1.82) is 0 Å². The fourth-order valence-corrected chi connectivity index (χ4v) is 4.74. The smallest absolute Gasteiger partial charge is 0.271 e. The standard InChI is InChI=1S/C20H18N4O2S2/c1-3-14-6-4-5-7-17(14)24(13(2)25)20-22-15(11-28-20)10-23-12-21-16-8-9-27-18(16)19(23)26/h4-9,11-12H,3,10H2,1-2H3. The van der Waals surface area contributed by atoms with Crippen molar-refractivity contribution in [2.24, 2.45) is 0 Å². The number of amides is 1. The zero-order valence-electron chi connectivity index (χ0n) is 15.5. The first-order chi connectivity index (χ1) is 13.6. The van der Waals surface area contributed by atoms with Crippen LogP contribution in [0.5, 0.6) is 0 Å². The number of anilines is 2. The van der Waals surface area contributed by atoms with Gasteiger partial charge in [0, 0.05) is 12.3 Å². The summed E-state index contributed by atoms with van der Waals surface area (Å²) in [5.41, 5.74) is 3.29. The Kier molecular flexibility index (Phi) is 5.06. The summed E-state index contributed by atoms with van der Waals surface area (Å²) in [4.78, 5) is 35.6. The first kappa shape index (κ1) is 18.5. The second-order valence-corrected chi connectivity index (χ2v) is 8.02. The van der Waals surface area contributed by atoms with Crippen LogP contribution in [0.25, 0.3) is 10.2 Å². The van der Waals surface area contributed by atoms with Gasteiger partial charge < -0.3 is 0 Å². The highest BCUT2D eigenvalue weighted by Gasteiger charge is 2.20. The Bertz CT molecular complexity index is 1210. The molecule has 142 valence electrons. The Labute approximate surface area is 169 Å². The maximum atomic E-state index is 12.6. The number of carbonyl (C=O) groups is 1. The highest BCUT2D eigenvalue weighted by atomic mass is 32.1. The summed E-state index contributed by atoms with van der Waals surface area (Å²) in [6.45, 7) is 3.91. The van der Waals surface area contributed by atoms with Gasteiger partial charge in [-0.2, -0.15) is 0 Å². The summed E-state index contributed by atoms with van der Waals surface area (Å²) in [7, 11) is 0. The van der Waals surface area contributed by atoms with Crippen LogP contribution in [-0.2, 0) is 17.8 Å². The quantitative estimate of drug-likeness (QED) is 0.494. The summed E-state index contributed by atoms with van der Waals surface area (Å²) >= 11 is 2.78. The molecule has 0 saturated carbocycles. The van der Waals surface area contributed by atoms with Crippen LogP contribution in [0.4, 0.5) is 10.8 Å². The largest absolute Gasteiger partial charge is 0.292 e. The molecule has 28 heavy (non-hydrogen) atoms. The van der Waals surface area contributed by atoms with E-state index < -0.39 is 0 Å². The van der Waals surface area contributed by atoms with Gasteiger partial charge in [0.05, 0.1) is 29.8 Å². The number of carbonyl (C=O) groups excluding carboxylic acids is 1. The van der Waals surface area contributed by atoms with E-state index in [1.165, 1.54) is 29.6 Å². The zero-order chi connectivity index (χ0) is 19.7. The molecule has 4 aromatic rings. The van der Waals surface area contributed by atoms with Crippen LogP contribution in [0.15, 0.2) is 52.2 Å². The minimum absolute atomic E-state index is 0.0747. The molecule has 0 spiro atoms. The molecule has 0 aliphatic rings. The molecular weight excluding hydrogens is 392 g/mol. The van der Waals surface area contributed by atoms with Gasteiger partial charge in [0.25, 0.3) is 5.56 Å². The van der Waals surface area contributed by atoms with E-state index in [1.54, 1.807) is 15.8 Å². The number of benzene rings is 1. The molecule has 6 nitrogen and oxygen atoms in total. The first-order valence-electron chi connectivity index (χ1n) is 8.84. The van der Waals surface area contributed by atoms with Gasteiger partial charge in [-0.05, 0) is 29.5 Å². The Morgan fingerprint density at radius 3 is 2.82 bits per heavy atom. The molecule has 4 rings (SSSR count). The third-order valence-electron chi connectivity index (χ3n) is 4.43. The van der Waals surface area contributed by atoms with E-state index >= 15 is 0 Å². The van der Waals surface area contributed by atoms with Gasteiger partial charge in [0.1, 0.15) is 4.70 Å². The summed E-state index contributed by atoms with van der Waals surface area (Å²) in [6.07, 6.45) is 2.37. The molecule has 8 heteroatoms. The lowest BCUT2D eigenvalue weighted by Crippen LogP contribution is -2.24. The summed E-state index contributed by atoms with van der Waals surface area (Å²) in [5, 5.41) is 4.34. The van der Waals surface area contributed by atoms with Crippen molar-refractivity contribution < 1.29 is 4.79 Å². The molecule has 3 aromatic heterocycles. The van der Waals surface area contributed by atoms with E-state index in [-0.39, 0.29) is 11.5 Å². The van der Waals surface area contributed by atoms with Crippen molar-refractivity contribution in [1.82, 2.24) is 14.5 Å². The highest BCUT2D eigenvalue weighted by Crippen LogP contribution is 2.31. The van der Waals surface area contributed by atoms with Crippen LogP contribution in [0, 0.1) is 0 Å². The average Bonchev–Trinajstić information content (AvgIpc) is 3.34. The molecule has 1 amide bonds. The second-order valence-electron chi connectivity index (χ2n) is 6.27. The number of fused-ring (bicyclic) bond motifs is 1. The van der Waals surface area contributed by atoms with E-state index in [1.807, 2.05) is 41.1 Å². The SMILES string of the molecule is CCc1ccccc1N(C(C)=O)c1nc(Cn2cnc3ccsc3c2=O)cs1. The molecule has 0 N–H and O–H groups in total. The molecule has 0 saturated heterocycles. The summed E-state index contributed by atoms with van der Waals surface area (Å²) in [5.74, 6) is -0.0966. The normalized spacial score (nSPS) is 11.1. The molecule has 3 heterocycles. The van der Waals surface area contributed by atoms with Crippen molar-refractivity contribution in [2.75, 3.05) is 4.90 Å². The molecular formula is C20H18N4O2S2. The monoisotopic (exact) mass is 410 g/mol. The van der Waals surface area contributed by atoms with Gasteiger partial charge in [-0.1, -0.05) is 25.1 Å². The van der Waals surface area contributed by atoms with Crippen LogP contribution < -0.4 is 10.5 Å². The maximum absolute atomic E-state index is 12.6. The predicted molar refractivity (Wildman–Crippen MR) is 114 cm³/mol. The number of aryl methyl sites for hydroxylation is 1. The lowest BCUT2D eigenvalue weighted by Gasteiger charge is -2.21. The lowest BCUT2D eigenvalue weighted by atomic mass is 10.1. The summed E-state index contributed by atoms with van der Waals surface area (Å²) < 4.78 is 2.19. The summed E-state index contributed by atoms with van der Waals surface area (Å²) in [6, 6.07) is 9.67. The molecule has 0 bridgehead atoms. The zero-order valence-corrected chi connectivity index (χ0v) is 17.1. The van der Waals surface area contributed by atoms with Crippen LogP contribution in [-0.4, -0.2) is 20.4 Å². The Morgan fingerprint density at radius 2 is 2.04 bits per heavy atom. The van der Waals surface area contributed by atoms with Gasteiger partial charge in [-0.25, -0.2) is 9.97 Å². The number of thiazole rings is 1. The number of hydrogen-bond acceptors (Lipinski definition) is 6. The fourth-order valence-electron chi connectivity index (χ4n) is 3.07. The Hall–Kier alpha value is -2.84. The first-order valence-corrected chi connectivity index (χ1v) is 10.6. The second kappa shape index (κ2) is 7.65. The minimum Gasteiger partial charge on any atom is -0.292 e. The molecule has 0 unspecified atom stereocenters. The van der Waals surface area contributed by atoms with Gasteiger partial charge in [-0.3, -0.25) is 19.1 Å². The van der Waals surface area contributed by atoms with Crippen molar-refractivity contribution >= 4 is 49.6 Å². The van der Waals surface area contributed by atoms with Crippen molar-refractivity contribution in [3.05, 3.63) is 69.0 Å². The van der Waals surface area contributed by atoms with Crippen LogP contribution in [0.3, 0.4) is 0 Å². The fraction of sp³-hybridized carbons (Fsp3) is 0.200. The maximum Gasteiger partial charge on any atom is 0.271 e. The van der Waals surface area contributed by atoms with E-state index in [0.29, 0.717) is 21.9 Å². The highest BCUT2D eigenvalue weighted by molar-refractivity contribution is 7.17. The van der Waals surface area contributed by atoms with Crippen molar-refractivity contribution in [3.63, 3.8) is 0 Å². The number of nitrogens with zero attached hydrogens (tertiary/aromatic N) is 4. The Morgan fingerprint density at radius 1 is 1.21 bits per heavy atom. The molecule has 0 radical (unpaired) electrons. The van der Waals surface area contributed by atoms with Gasteiger partial charge in [0.15, 0.2) is 5.13 Å². The number of hydrogen-bond donors (Lipinski definition) is 0. The molecule has 0 aliphatic carbocycles. The van der Waals surface area contributed by atoms with Crippen molar-refractivity contribution in [3.8, 4) is 0 Å². The van der Waals surface area contributed by atoms with Gasteiger partial charge in [-0.15, -0.1) is 22.7 Å². The number of para-hydroxylation sites is 1. The predicted octanol–water partition coefficient (Wildman–Crippen LogP) is 4.21. The van der Waals surface area contributed by atoms with E-state index in [2.05, 4.69) is 16.9 Å².